The zero-order chi connectivity index (χ0) is 14.0. The summed E-state index contributed by atoms with van der Waals surface area (Å²) in [7, 11) is -3.10. The van der Waals surface area contributed by atoms with Crippen molar-refractivity contribution in [2.45, 2.75) is 30.8 Å². The van der Waals surface area contributed by atoms with Gasteiger partial charge < -0.3 is 0 Å². The van der Waals surface area contributed by atoms with Gasteiger partial charge in [-0.05, 0) is 41.5 Å². The fourth-order valence-electron chi connectivity index (χ4n) is 2.66. The number of aryl methyl sites for hydroxylation is 2. The molecule has 2 aromatic rings. The molecule has 4 aliphatic heterocycles. The average molecular weight is 286 g/mol. The zero-order valence-corrected chi connectivity index (χ0v) is 12.2. The highest BCUT2D eigenvalue weighted by Crippen LogP contribution is 2.17. The fourth-order valence-corrected chi connectivity index (χ4v) is 4.16. The van der Waals surface area contributed by atoms with Crippen molar-refractivity contribution in [2.75, 3.05) is 0 Å². The van der Waals surface area contributed by atoms with Crippen molar-refractivity contribution in [1.29, 1.82) is 0 Å². The Morgan fingerprint density at radius 1 is 0.600 bits per heavy atom. The van der Waals surface area contributed by atoms with Gasteiger partial charge in [0.2, 0.25) is 0 Å². The van der Waals surface area contributed by atoms with Crippen LogP contribution in [0.1, 0.15) is 28.7 Å². The van der Waals surface area contributed by atoms with Crippen molar-refractivity contribution >= 4 is 9.84 Å². The molecule has 0 aliphatic carbocycles. The lowest BCUT2D eigenvalue weighted by molar-refractivity contribution is 0.594. The monoisotopic (exact) mass is 286 g/mol. The molecule has 0 saturated carbocycles. The van der Waals surface area contributed by atoms with Gasteiger partial charge in [-0.1, -0.05) is 48.5 Å². The normalized spacial score (nSPS) is 17.8. The molecular formula is C17H18O2S. The summed E-state index contributed by atoms with van der Waals surface area (Å²) < 4.78 is 24.4. The van der Waals surface area contributed by atoms with E-state index in [1.807, 2.05) is 24.3 Å². The Morgan fingerprint density at radius 3 is 1.35 bits per heavy atom. The second-order valence-electron chi connectivity index (χ2n) is 5.52. The first-order valence-corrected chi connectivity index (χ1v) is 8.79. The SMILES string of the molecule is O=S1(=O)Cc2ccc(cc2)CCCc2ccc(cc2)C1. The molecule has 6 rings (SSSR count). The van der Waals surface area contributed by atoms with E-state index < -0.39 is 9.84 Å². The molecule has 0 fully saturated rings. The van der Waals surface area contributed by atoms with E-state index in [0.717, 1.165) is 30.4 Å². The van der Waals surface area contributed by atoms with Gasteiger partial charge in [0.05, 0.1) is 11.5 Å². The molecule has 0 N–H and O–H groups in total. The summed E-state index contributed by atoms with van der Waals surface area (Å²) in [5.74, 6) is 0.240. The van der Waals surface area contributed by atoms with Crippen LogP contribution in [0.5, 0.6) is 0 Å². The summed E-state index contributed by atoms with van der Waals surface area (Å²) in [5, 5.41) is 0. The lowest BCUT2D eigenvalue weighted by Crippen LogP contribution is -2.08. The third-order valence-corrected chi connectivity index (χ3v) is 5.30. The third-order valence-electron chi connectivity index (χ3n) is 3.75. The van der Waals surface area contributed by atoms with Crippen LogP contribution in [-0.4, -0.2) is 8.42 Å². The number of rotatable bonds is 0. The highest BCUT2D eigenvalue weighted by atomic mass is 32.2. The molecule has 4 aliphatic rings. The Kier molecular flexibility index (Phi) is 3.62. The highest BCUT2D eigenvalue weighted by molar-refractivity contribution is 7.89. The van der Waals surface area contributed by atoms with Crippen LogP contribution in [0, 0.1) is 0 Å². The van der Waals surface area contributed by atoms with Crippen molar-refractivity contribution in [3.63, 3.8) is 0 Å². The van der Waals surface area contributed by atoms with Gasteiger partial charge in [-0.3, -0.25) is 0 Å². The highest BCUT2D eigenvalue weighted by Gasteiger charge is 2.13. The van der Waals surface area contributed by atoms with E-state index in [1.165, 1.54) is 11.1 Å². The molecule has 20 heavy (non-hydrogen) atoms. The van der Waals surface area contributed by atoms with Gasteiger partial charge in [0.15, 0.2) is 9.84 Å². The van der Waals surface area contributed by atoms with Gasteiger partial charge >= 0.3 is 0 Å². The molecule has 0 saturated heterocycles. The van der Waals surface area contributed by atoms with Crippen LogP contribution < -0.4 is 0 Å². The number of hydrogen-bond donors (Lipinski definition) is 0. The summed E-state index contributed by atoms with van der Waals surface area (Å²) in [4.78, 5) is 0. The molecule has 0 spiro atoms. The van der Waals surface area contributed by atoms with Gasteiger partial charge in [-0.15, -0.1) is 0 Å². The van der Waals surface area contributed by atoms with Gasteiger partial charge in [0.1, 0.15) is 0 Å². The predicted molar refractivity (Wildman–Crippen MR) is 81.2 cm³/mol. The zero-order valence-electron chi connectivity index (χ0n) is 11.4. The minimum atomic E-state index is -3.10. The number of benzene rings is 2. The van der Waals surface area contributed by atoms with E-state index in [4.69, 9.17) is 0 Å². The summed E-state index contributed by atoms with van der Waals surface area (Å²) >= 11 is 0. The lowest BCUT2D eigenvalue weighted by Gasteiger charge is -2.09. The summed E-state index contributed by atoms with van der Waals surface area (Å²) in [6.07, 6.45) is 3.19. The van der Waals surface area contributed by atoms with E-state index in [-0.39, 0.29) is 11.5 Å². The standard InChI is InChI=1S/C17H18O2S/c18-20(19)12-16-8-4-14(5-9-16)2-1-3-15-6-10-17(13-20)11-7-15/h4-11H,1-3,12-13H2. The van der Waals surface area contributed by atoms with Crippen molar-refractivity contribution in [1.82, 2.24) is 0 Å². The molecule has 0 aromatic heterocycles. The molecule has 2 nitrogen and oxygen atoms in total. The first-order chi connectivity index (χ1) is 9.61. The van der Waals surface area contributed by atoms with E-state index >= 15 is 0 Å². The molecule has 4 bridgehead atoms. The number of sulfone groups is 1. The van der Waals surface area contributed by atoms with Crippen LogP contribution in [0.4, 0.5) is 0 Å². The Bertz CT molecular complexity index is 627. The largest absolute Gasteiger partial charge is 0.228 e. The second-order valence-corrected chi connectivity index (χ2v) is 7.58. The molecule has 0 atom stereocenters. The minimum Gasteiger partial charge on any atom is -0.228 e. The second kappa shape index (κ2) is 5.41. The van der Waals surface area contributed by atoms with Crippen LogP contribution in [-0.2, 0) is 34.2 Å². The smallest absolute Gasteiger partial charge is 0.158 e. The maximum absolute atomic E-state index is 12.2. The average Bonchev–Trinajstić information content (AvgIpc) is 2.42. The van der Waals surface area contributed by atoms with Crippen LogP contribution in [0.2, 0.25) is 0 Å². The molecular weight excluding hydrogens is 268 g/mol. The summed E-state index contributed by atoms with van der Waals surface area (Å²) in [5.41, 5.74) is 4.31. The van der Waals surface area contributed by atoms with Gasteiger partial charge in [0, 0.05) is 0 Å². The van der Waals surface area contributed by atoms with E-state index in [9.17, 15) is 8.42 Å². The first-order valence-electron chi connectivity index (χ1n) is 6.97. The van der Waals surface area contributed by atoms with Gasteiger partial charge in [0.25, 0.3) is 0 Å². The van der Waals surface area contributed by atoms with E-state index in [0.29, 0.717) is 0 Å². The molecule has 0 unspecified atom stereocenters. The molecule has 3 heteroatoms. The summed E-state index contributed by atoms with van der Waals surface area (Å²) in [6, 6.07) is 16.0. The third kappa shape index (κ3) is 3.28. The Balaban J connectivity index is 1.96. The predicted octanol–water partition coefficient (Wildman–Crippen LogP) is 3.29. The molecule has 0 amide bonds. The van der Waals surface area contributed by atoms with Crippen molar-refractivity contribution < 1.29 is 8.42 Å². The molecule has 4 heterocycles. The van der Waals surface area contributed by atoms with Crippen molar-refractivity contribution in [2.24, 2.45) is 0 Å². The molecule has 2 aromatic carbocycles. The van der Waals surface area contributed by atoms with Crippen LogP contribution >= 0.6 is 0 Å². The van der Waals surface area contributed by atoms with E-state index in [2.05, 4.69) is 24.3 Å². The topological polar surface area (TPSA) is 34.1 Å². The van der Waals surface area contributed by atoms with Gasteiger partial charge in [-0.2, -0.15) is 0 Å². The Labute approximate surface area is 120 Å². The quantitative estimate of drug-likeness (QED) is 0.744. The van der Waals surface area contributed by atoms with Gasteiger partial charge in [-0.25, -0.2) is 8.42 Å². The number of hydrogen-bond acceptors (Lipinski definition) is 2. The van der Waals surface area contributed by atoms with Crippen LogP contribution in [0.3, 0.4) is 0 Å². The Morgan fingerprint density at radius 2 is 0.950 bits per heavy atom. The van der Waals surface area contributed by atoms with E-state index in [1.54, 1.807) is 0 Å². The van der Waals surface area contributed by atoms with Crippen LogP contribution in [0.25, 0.3) is 0 Å². The molecule has 0 radical (unpaired) electrons. The first kappa shape index (κ1) is 13.4. The van der Waals surface area contributed by atoms with Crippen molar-refractivity contribution in [3.8, 4) is 0 Å². The van der Waals surface area contributed by atoms with Crippen LogP contribution in [0.15, 0.2) is 48.5 Å². The molecule has 104 valence electrons. The fraction of sp³-hybridized carbons (Fsp3) is 0.294. The maximum atomic E-state index is 12.2. The summed E-state index contributed by atoms with van der Waals surface area (Å²) in [6.45, 7) is 0. The lowest BCUT2D eigenvalue weighted by atomic mass is 10.0. The van der Waals surface area contributed by atoms with Crippen molar-refractivity contribution in [3.05, 3.63) is 70.8 Å². The Hall–Kier alpha value is -1.61. The minimum absolute atomic E-state index is 0.120. The maximum Gasteiger partial charge on any atom is 0.158 e.